The van der Waals surface area contributed by atoms with E-state index in [0.717, 1.165) is 0 Å². The summed E-state index contributed by atoms with van der Waals surface area (Å²) in [6.45, 7) is 4.56. The van der Waals surface area contributed by atoms with Crippen LogP contribution in [0.15, 0.2) is 12.2 Å². The van der Waals surface area contributed by atoms with Crippen molar-refractivity contribution >= 4 is 14.7 Å². The monoisotopic (exact) mass is 207 g/mol. The van der Waals surface area contributed by atoms with E-state index in [2.05, 4.69) is 15.8 Å². The molecule has 0 aliphatic rings. The van der Waals surface area contributed by atoms with Crippen LogP contribution in [0.1, 0.15) is 6.92 Å². The van der Waals surface area contributed by atoms with E-state index in [-0.39, 0.29) is 18.8 Å². The molecular formula is C7H12O5P+. The van der Waals surface area contributed by atoms with Gasteiger partial charge in [0, 0.05) is 5.57 Å². The minimum Gasteiger partial charge on any atom is -0.459 e. The van der Waals surface area contributed by atoms with Gasteiger partial charge in [0.05, 0.1) is 0 Å². The van der Waals surface area contributed by atoms with Crippen molar-refractivity contribution < 1.29 is 23.7 Å². The maximum absolute atomic E-state index is 10.8. The van der Waals surface area contributed by atoms with Crippen LogP contribution in [0, 0.1) is 0 Å². The lowest BCUT2D eigenvalue weighted by Crippen LogP contribution is -2.22. The first-order chi connectivity index (χ1) is 6.07. The van der Waals surface area contributed by atoms with Gasteiger partial charge in [0.25, 0.3) is 0 Å². The van der Waals surface area contributed by atoms with E-state index in [1.807, 2.05) is 0 Å². The molecule has 0 aliphatic carbocycles. The predicted octanol–water partition coefficient (Wildman–Crippen LogP) is 0.422. The van der Waals surface area contributed by atoms with Gasteiger partial charge >= 0.3 is 14.7 Å². The summed E-state index contributed by atoms with van der Waals surface area (Å²) in [5.41, 5.74) is 0.263. The molecular weight excluding hydrogens is 195 g/mol. The van der Waals surface area contributed by atoms with Gasteiger partial charge in [-0.2, -0.15) is 0 Å². The van der Waals surface area contributed by atoms with Crippen LogP contribution in [0.25, 0.3) is 0 Å². The molecule has 6 heteroatoms. The number of aliphatic hydroxyl groups is 1. The molecule has 0 saturated heterocycles. The van der Waals surface area contributed by atoms with Crippen LogP contribution in [-0.4, -0.2) is 30.4 Å². The van der Waals surface area contributed by atoms with E-state index in [0.29, 0.717) is 0 Å². The lowest BCUT2D eigenvalue weighted by molar-refractivity contribution is -0.142. The third kappa shape index (κ3) is 6.40. The van der Waals surface area contributed by atoms with Gasteiger partial charge < -0.3 is 9.84 Å². The molecule has 0 aliphatic heterocycles. The Kier molecular flexibility index (Phi) is 6.32. The van der Waals surface area contributed by atoms with E-state index < -0.39 is 20.8 Å². The van der Waals surface area contributed by atoms with Gasteiger partial charge in [0.1, 0.15) is 19.3 Å². The first-order valence-corrected chi connectivity index (χ1v) is 4.39. The second kappa shape index (κ2) is 6.71. The summed E-state index contributed by atoms with van der Waals surface area (Å²) in [7, 11) is -0.923. The van der Waals surface area contributed by atoms with Crippen LogP contribution < -0.4 is 0 Å². The number of carbonyl (C=O) groups is 1. The largest absolute Gasteiger partial charge is 0.494 e. The molecule has 2 atom stereocenters. The summed E-state index contributed by atoms with van der Waals surface area (Å²) in [5, 5.41) is 9.04. The average molecular weight is 207 g/mol. The topological polar surface area (TPSA) is 72.8 Å². The third-order valence-electron chi connectivity index (χ3n) is 1.09. The molecule has 0 spiro atoms. The Morgan fingerprint density at radius 1 is 1.62 bits per heavy atom. The van der Waals surface area contributed by atoms with Crippen molar-refractivity contribution in [2.45, 2.75) is 13.0 Å². The molecule has 0 saturated carbocycles. The quantitative estimate of drug-likeness (QED) is 0.388. The average Bonchev–Trinajstić information content (AvgIpc) is 2.10. The second-order valence-electron chi connectivity index (χ2n) is 2.43. The number of carbonyl (C=O) groups excluding carboxylic acids is 1. The van der Waals surface area contributed by atoms with E-state index in [1.54, 1.807) is 0 Å². The minimum absolute atomic E-state index is 0.120. The lowest BCUT2D eigenvalue weighted by Gasteiger charge is -2.07. The van der Waals surface area contributed by atoms with Crippen molar-refractivity contribution in [2.24, 2.45) is 0 Å². The number of ether oxygens (including phenoxy) is 1. The van der Waals surface area contributed by atoms with Gasteiger partial charge in [-0.3, -0.25) is 0 Å². The van der Waals surface area contributed by atoms with Gasteiger partial charge in [-0.05, 0) is 11.5 Å². The first-order valence-electron chi connectivity index (χ1n) is 3.57. The van der Waals surface area contributed by atoms with Crippen molar-refractivity contribution in [3.63, 3.8) is 0 Å². The number of aliphatic hydroxyl groups excluding tert-OH is 1. The van der Waals surface area contributed by atoms with Crippen molar-refractivity contribution in [3.05, 3.63) is 12.2 Å². The molecule has 0 amide bonds. The van der Waals surface area contributed by atoms with Crippen LogP contribution in [-0.2, 0) is 18.6 Å². The van der Waals surface area contributed by atoms with E-state index in [9.17, 15) is 9.36 Å². The Balaban J connectivity index is 3.57. The van der Waals surface area contributed by atoms with Gasteiger partial charge in [-0.25, -0.2) is 4.79 Å². The lowest BCUT2D eigenvalue weighted by atomic mass is 10.3. The van der Waals surface area contributed by atoms with Crippen LogP contribution in [0.4, 0.5) is 0 Å². The summed E-state index contributed by atoms with van der Waals surface area (Å²) in [5.74, 6) is -0.566. The highest BCUT2D eigenvalue weighted by Gasteiger charge is 2.10. The molecule has 13 heavy (non-hydrogen) atoms. The number of rotatable bonds is 6. The highest BCUT2D eigenvalue weighted by molar-refractivity contribution is 7.17. The van der Waals surface area contributed by atoms with Gasteiger partial charge in [0.15, 0.2) is 0 Å². The fraction of sp³-hybridized carbons (Fsp3) is 0.571. The zero-order valence-electron chi connectivity index (χ0n) is 7.28. The normalized spacial score (nSPS) is 12.5. The molecule has 0 aromatic heterocycles. The highest BCUT2D eigenvalue weighted by atomic mass is 31.1. The predicted molar refractivity (Wildman–Crippen MR) is 46.7 cm³/mol. The van der Waals surface area contributed by atoms with E-state index in [1.165, 1.54) is 6.92 Å². The summed E-state index contributed by atoms with van der Waals surface area (Å²) in [6.07, 6.45) is -0.954. The van der Waals surface area contributed by atoms with Gasteiger partial charge in [-0.1, -0.05) is 6.58 Å². The fourth-order valence-electron chi connectivity index (χ4n) is 0.473. The Morgan fingerprint density at radius 3 is 2.69 bits per heavy atom. The second-order valence-corrected chi connectivity index (χ2v) is 2.88. The minimum atomic E-state index is -0.954. The van der Waals surface area contributed by atoms with Gasteiger partial charge in [-0.15, -0.1) is 4.52 Å². The molecule has 74 valence electrons. The van der Waals surface area contributed by atoms with Crippen LogP contribution in [0.2, 0.25) is 0 Å². The van der Waals surface area contributed by atoms with E-state index in [4.69, 9.17) is 5.11 Å². The van der Waals surface area contributed by atoms with E-state index >= 15 is 0 Å². The molecule has 1 N–H and O–H groups in total. The Bertz CT molecular complexity index is 203. The summed E-state index contributed by atoms with van der Waals surface area (Å²) < 4.78 is 18.8. The SMILES string of the molecule is C=C(C)C(=O)OCC(O)CO[PH+]=O. The molecule has 0 bridgehead atoms. The Labute approximate surface area is 77.6 Å². The van der Waals surface area contributed by atoms with Gasteiger partial charge in [0.2, 0.25) is 0 Å². The Morgan fingerprint density at radius 2 is 2.23 bits per heavy atom. The maximum Gasteiger partial charge on any atom is 0.494 e. The third-order valence-corrected chi connectivity index (χ3v) is 1.37. The zero-order valence-corrected chi connectivity index (χ0v) is 8.28. The Hall–Kier alpha value is -0.770. The molecule has 0 rings (SSSR count). The van der Waals surface area contributed by atoms with Crippen molar-refractivity contribution in [3.8, 4) is 0 Å². The van der Waals surface area contributed by atoms with Crippen LogP contribution in [0.3, 0.4) is 0 Å². The molecule has 0 heterocycles. The molecule has 5 nitrogen and oxygen atoms in total. The smallest absolute Gasteiger partial charge is 0.459 e. The molecule has 2 unspecified atom stereocenters. The van der Waals surface area contributed by atoms with Crippen LogP contribution in [0.5, 0.6) is 0 Å². The van der Waals surface area contributed by atoms with Crippen molar-refractivity contribution in [2.75, 3.05) is 13.2 Å². The van der Waals surface area contributed by atoms with Crippen LogP contribution >= 0.6 is 8.69 Å². The molecule has 0 radical (unpaired) electrons. The fourth-order valence-corrected chi connectivity index (χ4v) is 0.734. The molecule has 0 aromatic rings. The maximum atomic E-state index is 10.8. The van der Waals surface area contributed by atoms with Crippen molar-refractivity contribution in [1.82, 2.24) is 0 Å². The summed E-state index contributed by atoms with van der Waals surface area (Å²) >= 11 is 0. The number of hydrogen-bond donors (Lipinski definition) is 1. The summed E-state index contributed by atoms with van der Waals surface area (Å²) in [4.78, 5) is 10.8. The molecule has 0 aromatic carbocycles. The van der Waals surface area contributed by atoms with Crippen molar-refractivity contribution in [1.29, 1.82) is 0 Å². The highest BCUT2D eigenvalue weighted by Crippen LogP contribution is 1.98. The summed E-state index contributed by atoms with van der Waals surface area (Å²) in [6, 6.07) is 0. The number of esters is 1. The number of hydrogen-bond acceptors (Lipinski definition) is 5. The molecule has 0 fully saturated rings. The standard InChI is InChI=1S/C7H12O5P/c1-5(2)7(9)11-3-6(8)4-12-13-10/h6,8,13H,1,3-4H2,2H3/q+1. The first kappa shape index (κ1) is 12.2. The zero-order chi connectivity index (χ0) is 10.3.